The molecule has 0 fully saturated rings. The van der Waals surface area contributed by atoms with Crippen molar-refractivity contribution in [3.8, 4) is 6.07 Å². The number of pyridine rings is 1. The number of aliphatic imine (C=N–C) groups is 2. The zero-order valence-corrected chi connectivity index (χ0v) is 17.2. The summed E-state index contributed by atoms with van der Waals surface area (Å²) in [4.78, 5) is 23.3. The minimum absolute atomic E-state index is 0.150. The molecule has 2 aromatic rings. The number of carbonyl (C=O) groups is 1. The van der Waals surface area contributed by atoms with Gasteiger partial charge in [0.2, 0.25) is 5.84 Å². The SMILES string of the molecule is C[C@H](NC(=O)c1cc(Cl)cc(C(F)(F)F)c1)C(=Nc1ccc(C#N)cn1)N=C(N)C(F)(F)F. The van der Waals surface area contributed by atoms with Crippen LogP contribution in [-0.2, 0) is 6.18 Å². The molecule has 0 aliphatic rings. The maximum atomic E-state index is 13.0. The van der Waals surface area contributed by atoms with Gasteiger partial charge in [0.15, 0.2) is 11.7 Å². The number of nitrogens with two attached hydrogens (primary N) is 1. The molecule has 1 aromatic heterocycles. The fourth-order valence-corrected chi connectivity index (χ4v) is 2.51. The first-order chi connectivity index (χ1) is 15.2. The number of nitriles is 1. The maximum Gasteiger partial charge on any atom is 0.449 e. The van der Waals surface area contributed by atoms with E-state index in [2.05, 4.69) is 20.3 Å². The highest BCUT2D eigenvalue weighted by Gasteiger charge is 2.35. The number of amides is 1. The number of hydrogen-bond acceptors (Lipinski definition) is 4. The lowest BCUT2D eigenvalue weighted by Gasteiger charge is -2.16. The second-order valence-electron chi connectivity index (χ2n) is 6.40. The molecule has 1 heterocycles. The second-order valence-corrected chi connectivity index (χ2v) is 6.84. The third kappa shape index (κ3) is 7.18. The molecule has 2 rings (SSSR count). The molecule has 7 nitrogen and oxygen atoms in total. The number of benzene rings is 1. The van der Waals surface area contributed by atoms with Gasteiger partial charge in [0, 0.05) is 16.8 Å². The molecule has 1 amide bonds. The Kier molecular flexibility index (Phi) is 7.65. The Balaban J connectivity index is 2.41. The van der Waals surface area contributed by atoms with Crippen molar-refractivity contribution >= 4 is 35.0 Å². The maximum absolute atomic E-state index is 13.0. The van der Waals surface area contributed by atoms with E-state index in [4.69, 9.17) is 22.6 Å². The van der Waals surface area contributed by atoms with Crippen LogP contribution < -0.4 is 11.1 Å². The van der Waals surface area contributed by atoms with Crippen LogP contribution in [0, 0.1) is 11.3 Å². The van der Waals surface area contributed by atoms with E-state index in [0.29, 0.717) is 12.1 Å². The summed E-state index contributed by atoms with van der Waals surface area (Å²) in [5, 5.41) is 10.6. The summed E-state index contributed by atoms with van der Waals surface area (Å²) < 4.78 is 77.5. The predicted molar refractivity (Wildman–Crippen MR) is 107 cm³/mol. The summed E-state index contributed by atoms with van der Waals surface area (Å²) in [7, 11) is 0. The highest BCUT2D eigenvalue weighted by molar-refractivity contribution is 6.31. The first-order valence-corrected chi connectivity index (χ1v) is 9.13. The van der Waals surface area contributed by atoms with Crippen molar-refractivity contribution in [3.63, 3.8) is 0 Å². The molecular formula is C19H13ClF6N6O. The van der Waals surface area contributed by atoms with Crippen molar-refractivity contribution in [1.29, 1.82) is 5.26 Å². The number of aromatic nitrogens is 1. The summed E-state index contributed by atoms with van der Waals surface area (Å²) in [6.45, 7) is 1.18. The number of hydrogen-bond donors (Lipinski definition) is 2. The molecule has 0 aliphatic heterocycles. The Morgan fingerprint density at radius 2 is 1.88 bits per heavy atom. The average molecular weight is 491 g/mol. The Morgan fingerprint density at radius 1 is 1.21 bits per heavy atom. The molecule has 33 heavy (non-hydrogen) atoms. The molecule has 0 spiro atoms. The van der Waals surface area contributed by atoms with Crippen molar-refractivity contribution in [2.24, 2.45) is 15.7 Å². The van der Waals surface area contributed by atoms with Gasteiger partial charge in [-0.25, -0.2) is 15.0 Å². The molecule has 0 unspecified atom stereocenters. The minimum Gasteiger partial charge on any atom is -0.380 e. The Morgan fingerprint density at radius 3 is 2.39 bits per heavy atom. The van der Waals surface area contributed by atoms with Crippen LogP contribution in [0.1, 0.15) is 28.4 Å². The summed E-state index contributed by atoms with van der Waals surface area (Å²) in [5.74, 6) is -3.67. The molecule has 1 aromatic carbocycles. The van der Waals surface area contributed by atoms with Crippen LogP contribution in [0.3, 0.4) is 0 Å². The van der Waals surface area contributed by atoms with Gasteiger partial charge in [-0.05, 0) is 37.3 Å². The van der Waals surface area contributed by atoms with Crippen molar-refractivity contribution in [2.75, 3.05) is 0 Å². The highest BCUT2D eigenvalue weighted by Crippen LogP contribution is 2.32. The van der Waals surface area contributed by atoms with Gasteiger partial charge in [-0.2, -0.15) is 31.6 Å². The van der Waals surface area contributed by atoms with Crippen LogP contribution in [0.5, 0.6) is 0 Å². The monoisotopic (exact) mass is 490 g/mol. The molecule has 0 saturated heterocycles. The zero-order valence-electron chi connectivity index (χ0n) is 16.5. The van der Waals surface area contributed by atoms with E-state index in [1.54, 1.807) is 6.07 Å². The van der Waals surface area contributed by atoms with Gasteiger partial charge < -0.3 is 11.1 Å². The Hall–Kier alpha value is -3.66. The lowest BCUT2D eigenvalue weighted by atomic mass is 10.1. The van der Waals surface area contributed by atoms with E-state index >= 15 is 0 Å². The molecule has 0 saturated carbocycles. The largest absolute Gasteiger partial charge is 0.449 e. The van der Waals surface area contributed by atoms with Gasteiger partial charge in [-0.3, -0.25) is 4.79 Å². The predicted octanol–water partition coefficient (Wildman–Crippen LogP) is 4.39. The first kappa shape index (κ1) is 25.6. The fourth-order valence-electron chi connectivity index (χ4n) is 2.27. The number of carbonyl (C=O) groups excluding carboxylic acids is 1. The number of nitrogens with zero attached hydrogens (tertiary/aromatic N) is 4. The highest BCUT2D eigenvalue weighted by atomic mass is 35.5. The van der Waals surface area contributed by atoms with Crippen molar-refractivity contribution in [3.05, 3.63) is 58.2 Å². The third-order valence-corrected chi connectivity index (χ3v) is 4.07. The van der Waals surface area contributed by atoms with Crippen LogP contribution in [-0.4, -0.2) is 34.8 Å². The molecule has 3 N–H and O–H groups in total. The molecule has 174 valence electrons. The molecule has 0 bridgehead atoms. The quantitative estimate of drug-likeness (QED) is 0.375. The lowest BCUT2D eigenvalue weighted by molar-refractivity contribution is -0.137. The zero-order chi connectivity index (χ0) is 25.0. The van der Waals surface area contributed by atoms with Gasteiger partial charge in [0.25, 0.3) is 5.91 Å². The third-order valence-electron chi connectivity index (χ3n) is 3.85. The summed E-state index contributed by atoms with van der Waals surface area (Å²) in [6.07, 6.45) is -8.71. The van der Waals surface area contributed by atoms with E-state index in [0.717, 1.165) is 12.3 Å². The van der Waals surface area contributed by atoms with Gasteiger partial charge in [-0.1, -0.05) is 11.6 Å². The number of alkyl halides is 6. The van der Waals surface area contributed by atoms with Crippen LogP contribution in [0.25, 0.3) is 0 Å². The van der Waals surface area contributed by atoms with Gasteiger partial charge in [0.05, 0.1) is 17.2 Å². The number of amidine groups is 2. The fraction of sp³-hybridized carbons (Fsp3) is 0.211. The van der Waals surface area contributed by atoms with Crippen LogP contribution in [0.4, 0.5) is 32.2 Å². The van der Waals surface area contributed by atoms with Crippen LogP contribution >= 0.6 is 11.6 Å². The second kappa shape index (κ2) is 9.86. The summed E-state index contributed by atoms with van der Waals surface area (Å²) in [5.41, 5.74) is 3.41. The first-order valence-electron chi connectivity index (χ1n) is 8.75. The Labute approximate surface area is 187 Å². The molecular weight excluding hydrogens is 478 g/mol. The van der Waals surface area contributed by atoms with Gasteiger partial charge in [-0.15, -0.1) is 0 Å². The van der Waals surface area contributed by atoms with Gasteiger partial charge in [0.1, 0.15) is 6.07 Å². The number of nitrogens with one attached hydrogen (secondary N) is 1. The number of halogens is 7. The number of rotatable bonds is 4. The van der Waals surface area contributed by atoms with E-state index in [1.807, 2.05) is 0 Å². The standard InChI is InChI=1S/C19H13ClF6N6O/c1-9(30-16(33)11-4-12(18(21,22)23)6-13(20)5-11)15(32-17(28)19(24,25)26)31-14-3-2-10(7-27)8-29-14/h2-6,8-9H,1H3,(H,30,33)(H2,28,29,31,32)/t9-/m0/s1. The van der Waals surface area contributed by atoms with E-state index in [9.17, 15) is 31.1 Å². The molecule has 1 atom stereocenters. The smallest absolute Gasteiger partial charge is 0.380 e. The summed E-state index contributed by atoms with van der Waals surface area (Å²) >= 11 is 5.65. The van der Waals surface area contributed by atoms with E-state index in [-0.39, 0.29) is 16.4 Å². The molecule has 0 radical (unpaired) electrons. The summed E-state index contributed by atoms with van der Waals surface area (Å²) in [6, 6.07) is 5.02. The van der Waals surface area contributed by atoms with Crippen molar-refractivity contribution in [1.82, 2.24) is 10.3 Å². The van der Waals surface area contributed by atoms with E-state index < -0.39 is 47.1 Å². The van der Waals surface area contributed by atoms with Crippen LogP contribution in [0.2, 0.25) is 5.02 Å². The normalized spacial score (nSPS) is 13.9. The molecule has 0 aliphatic carbocycles. The van der Waals surface area contributed by atoms with Gasteiger partial charge >= 0.3 is 12.4 Å². The van der Waals surface area contributed by atoms with Crippen LogP contribution in [0.15, 0.2) is 46.5 Å². The topological polar surface area (TPSA) is 117 Å². The minimum atomic E-state index is -5.02. The van der Waals surface area contributed by atoms with Crippen molar-refractivity contribution < 1.29 is 31.1 Å². The Bertz CT molecular complexity index is 1140. The van der Waals surface area contributed by atoms with E-state index in [1.165, 1.54) is 19.1 Å². The average Bonchev–Trinajstić information content (AvgIpc) is 2.71. The van der Waals surface area contributed by atoms with Crippen molar-refractivity contribution in [2.45, 2.75) is 25.3 Å². The molecule has 14 heteroatoms. The lowest BCUT2D eigenvalue weighted by Crippen LogP contribution is -2.40.